The molecule has 1 saturated heterocycles. The average Bonchev–Trinajstić information content (AvgIpc) is 3.13. The second-order valence-corrected chi connectivity index (χ2v) is 6.00. The lowest BCUT2D eigenvalue weighted by atomic mass is 10.1. The van der Waals surface area contributed by atoms with E-state index in [-0.39, 0.29) is 6.09 Å². The van der Waals surface area contributed by atoms with Gasteiger partial charge in [-0.2, -0.15) is 13.2 Å². The number of rotatable bonds is 4. The first-order chi connectivity index (χ1) is 10.9. The summed E-state index contributed by atoms with van der Waals surface area (Å²) in [4.78, 5) is 17.3. The number of aromatic nitrogens is 1. The Morgan fingerprint density at radius 2 is 2.17 bits per heavy atom. The predicted octanol–water partition coefficient (Wildman–Crippen LogP) is 3.82. The molecule has 2 aromatic rings. The fourth-order valence-electron chi connectivity index (χ4n) is 2.27. The molecule has 0 atom stereocenters. The number of amides is 1. The van der Waals surface area contributed by atoms with Crippen molar-refractivity contribution in [2.45, 2.75) is 12.6 Å². The lowest BCUT2D eigenvalue weighted by Crippen LogP contribution is -2.26. The highest BCUT2D eigenvalue weighted by atomic mass is 32.1. The van der Waals surface area contributed by atoms with Gasteiger partial charge < -0.3 is 9.64 Å². The highest BCUT2D eigenvalue weighted by Gasteiger charge is 2.30. The van der Waals surface area contributed by atoms with Crippen molar-refractivity contribution in [2.75, 3.05) is 19.7 Å². The second-order valence-electron chi connectivity index (χ2n) is 5.06. The Labute approximate surface area is 134 Å². The number of benzene rings is 1. The van der Waals surface area contributed by atoms with Crippen molar-refractivity contribution in [1.29, 1.82) is 0 Å². The molecule has 0 saturated carbocycles. The van der Waals surface area contributed by atoms with Gasteiger partial charge >= 0.3 is 12.3 Å². The SMILES string of the molecule is O=C1OCCN1CCc1nc(-c2cccc(C(F)(F)F)c2)cs1. The predicted molar refractivity (Wildman–Crippen MR) is 79.2 cm³/mol. The average molecular weight is 342 g/mol. The summed E-state index contributed by atoms with van der Waals surface area (Å²) in [5.74, 6) is 0. The summed E-state index contributed by atoms with van der Waals surface area (Å²) in [5, 5.41) is 2.50. The Morgan fingerprint density at radius 3 is 2.87 bits per heavy atom. The van der Waals surface area contributed by atoms with Gasteiger partial charge in [0.25, 0.3) is 0 Å². The monoisotopic (exact) mass is 342 g/mol. The van der Waals surface area contributed by atoms with Gasteiger partial charge in [-0.1, -0.05) is 12.1 Å². The van der Waals surface area contributed by atoms with Crippen LogP contribution in [0.25, 0.3) is 11.3 Å². The van der Waals surface area contributed by atoms with Crippen molar-refractivity contribution in [2.24, 2.45) is 0 Å². The van der Waals surface area contributed by atoms with Crippen molar-refractivity contribution >= 4 is 17.4 Å². The number of cyclic esters (lactones) is 1. The van der Waals surface area contributed by atoms with Crippen LogP contribution in [0.5, 0.6) is 0 Å². The molecule has 23 heavy (non-hydrogen) atoms. The van der Waals surface area contributed by atoms with Crippen LogP contribution in [0.15, 0.2) is 29.6 Å². The van der Waals surface area contributed by atoms with Gasteiger partial charge in [0.2, 0.25) is 0 Å². The van der Waals surface area contributed by atoms with Gasteiger partial charge in [0.1, 0.15) is 6.61 Å². The number of alkyl halides is 3. The summed E-state index contributed by atoms with van der Waals surface area (Å²) in [6, 6.07) is 5.11. The lowest BCUT2D eigenvalue weighted by molar-refractivity contribution is -0.137. The lowest BCUT2D eigenvalue weighted by Gasteiger charge is -2.10. The fraction of sp³-hybridized carbons (Fsp3) is 0.333. The van der Waals surface area contributed by atoms with Crippen LogP contribution >= 0.6 is 11.3 Å². The summed E-state index contributed by atoms with van der Waals surface area (Å²) in [5.41, 5.74) is 0.257. The largest absolute Gasteiger partial charge is 0.448 e. The minimum Gasteiger partial charge on any atom is -0.448 e. The number of ether oxygens (including phenoxy) is 1. The van der Waals surface area contributed by atoms with E-state index >= 15 is 0 Å². The normalized spacial score (nSPS) is 15.1. The standard InChI is InChI=1S/C15H13F3N2O2S/c16-15(17,18)11-3-1-2-10(8-11)12-9-23-13(19-12)4-5-20-6-7-22-14(20)21/h1-3,8-9H,4-7H2. The quantitative estimate of drug-likeness (QED) is 0.848. The molecular weight excluding hydrogens is 329 g/mol. The number of carbonyl (C=O) groups excluding carboxylic acids is 1. The van der Waals surface area contributed by atoms with Gasteiger partial charge in [0.15, 0.2) is 0 Å². The molecule has 0 unspecified atom stereocenters. The minimum atomic E-state index is -4.37. The highest BCUT2D eigenvalue weighted by molar-refractivity contribution is 7.09. The zero-order chi connectivity index (χ0) is 16.4. The van der Waals surface area contributed by atoms with E-state index < -0.39 is 11.7 Å². The molecule has 0 spiro atoms. The summed E-state index contributed by atoms with van der Waals surface area (Å²) in [6.07, 6.45) is -4.15. The van der Waals surface area contributed by atoms with Crippen LogP contribution in [-0.4, -0.2) is 35.7 Å². The molecule has 0 aliphatic carbocycles. The van der Waals surface area contributed by atoms with Gasteiger partial charge in [0, 0.05) is 23.9 Å². The van der Waals surface area contributed by atoms with Crippen molar-refractivity contribution in [3.05, 3.63) is 40.2 Å². The smallest absolute Gasteiger partial charge is 0.416 e. The molecule has 0 radical (unpaired) electrons. The van der Waals surface area contributed by atoms with Gasteiger partial charge in [-0.05, 0) is 12.1 Å². The fourth-order valence-corrected chi connectivity index (χ4v) is 3.07. The van der Waals surface area contributed by atoms with E-state index in [9.17, 15) is 18.0 Å². The zero-order valence-corrected chi connectivity index (χ0v) is 12.8. The van der Waals surface area contributed by atoms with E-state index in [1.165, 1.54) is 17.4 Å². The third kappa shape index (κ3) is 3.64. The molecule has 8 heteroatoms. The van der Waals surface area contributed by atoms with E-state index in [2.05, 4.69) is 4.98 Å². The van der Waals surface area contributed by atoms with Gasteiger partial charge in [-0.15, -0.1) is 11.3 Å². The van der Waals surface area contributed by atoms with Crippen molar-refractivity contribution in [1.82, 2.24) is 9.88 Å². The topological polar surface area (TPSA) is 42.4 Å². The van der Waals surface area contributed by atoms with E-state index in [4.69, 9.17) is 4.74 Å². The Kier molecular flexibility index (Phi) is 4.25. The molecule has 0 N–H and O–H groups in total. The Balaban J connectivity index is 1.70. The number of thiazole rings is 1. The molecular formula is C15H13F3N2O2S. The van der Waals surface area contributed by atoms with E-state index in [1.807, 2.05) is 0 Å². The molecule has 122 valence electrons. The molecule has 3 rings (SSSR count). The third-order valence-corrected chi connectivity index (χ3v) is 4.39. The molecule has 1 fully saturated rings. The first-order valence-corrected chi connectivity index (χ1v) is 7.85. The molecule has 1 aromatic carbocycles. The summed E-state index contributed by atoms with van der Waals surface area (Å²) >= 11 is 1.37. The zero-order valence-electron chi connectivity index (χ0n) is 12.0. The van der Waals surface area contributed by atoms with Crippen molar-refractivity contribution in [3.8, 4) is 11.3 Å². The van der Waals surface area contributed by atoms with E-state index in [0.717, 1.165) is 17.1 Å². The van der Waals surface area contributed by atoms with Crippen LogP contribution in [0.3, 0.4) is 0 Å². The van der Waals surface area contributed by atoms with Crippen LogP contribution in [0.2, 0.25) is 0 Å². The molecule has 1 aliphatic rings. The number of carbonyl (C=O) groups is 1. The van der Waals surface area contributed by atoms with Gasteiger partial charge in [-0.3, -0.25) is 0 Å². The van der Waals surface area contributed by atoms with Crippen LogP contribution < -0.4 is 0 Å². The summed E-state index contributed by atoms with van der Waals surface area (Å²) in [7, 11) is 0. The number of halogens is 3. The van der Waals surface area contributed by atoms with Crippen LogP contribution in [0, 0.1) is 0 Å². The molecule has 0 bridgehead atoms. The first-order valence-electron chi connectivity index (χ1n) is 6.97. The van der Waals surface area contributed by atoms with Crippen LogP contribution in [0.4, 0.5) is 18.0 Å². The Morgan fingerprint density at radius 1 is 1.35 bits per heavy atom. The number of hydrogen-bond donors (Lipinski definition) is 0. The van der Waals surface area contributed by atoms with Crippen LogP contribution in [-0.2, 0) is 17.3 Å². The molecule has 2 heterocycles. The Bertz CT molecular complexity index is 715. The van der Waals surface area contributed by atoms with E-state index in [1.54, 1.807) is 16.3 Å². The first kappa shape index (κ1) is 15.8. The molecule has 1 aromatic heterocycles. The maximum atomic E-state index is 12.8. The maximum absolute atomic E-state index is 12.8. The molecule has 1 aliphatic heterocycles. The van der Waals surface area contributed by atoms with Crippen molar-refractivity contribution in [3.63, 3.8) is 0 Å². The summed E-state index contributed by atoms with van der Waals surface area (Å²) < 4.78 is 43.1. The van der Waals surface area contributed by atoms with Gasteiger partial charge in [-0.25, -0.2) is 9.78 Å². The summed E-state index contributed by atoms with van der Waals surface area (Å²) in [6.45, 7) is 1.45. The van der Waals surface area contributed by atoms with Gasteiger partial charge in [0.05, 0.1) is 22.8 Å². The van der Waals surface area contributed by atoms with E-state index in [0.29, 0.717) is 37.4 Å². The Hall–Kier alpha value is -2.09. The highest BCUT2D eigenvalue weighted by Crippen LogP contribution is 2.32. The van der Waals surface area contributed by atoms with Crippen molar-refractivity contribution < 1.29 is 22.7 Å². The second kappa shape index (κ2) is 6.19. The molecule has 1 amide bonds. The maximum Gasteiger partial charge on any atom is 0.416 e. The number of hydrogen-bond acceptors (Lipinski definition) is 4. The van der Waals surface area contributed by atoms with Crippen LogP contribution in [0.1, 0.15) is 10.6 Å². The third-order valence-electron chi connectivity index (χ3n) is 3.48. The molecule has 4 nitrogen and oxygen atoms in total. The number of nitrogens with zero attached hydrogens (tertiary/aromatic N) is 2. The minimum absolute atomic E-state index is 0.334.